The van der Waals surface area contributed by atoms with E-state index in [0.29, 0.717) is 17.4 Å². The van der Waals surface area contributed by atoms with Gasteiger partial charge in [-0.1, -0.05) is 34.6 Å². The molecule has 3 aromatic heterocycles. The molecule has 0 N–H and O–H groups in total. The van der Waals surface area contributed by atoms with Crippen molar-refractivity contribution in [1.29, 1.82) is 0 Å². The molecule has 0 saturated carbocycles. The van der Waals surface area contributed by atoms with E-state index in [1.165, 1.54) is 0 Å². The number of aromatic nitrogens is 5. The zero-order chi connectivity index (χ0) is 14.1. The highest BCUT2D eigenvalue weighted by atomic mass is 32.1. The molecule has 0 spiro atoms. The van der Waals surface area contributed by atoms with Gasteiger partial charge in [-0.2, -0.15) is 4.98 Å². The quantitative estimate of drug-likeness (QED) is 0.581. The zero-order valence-electron chi connectivity index (χ0n) is 10.7. The minimum Gasteiger partial charge on any atom is -0.333 e. The molecular formula is C14H9N5OS. The van der Waals surface area contributed by atoms with E-state index in [1.54, 1.807) is 22.2 Å². The van der Waals surface area contributed by atoms with E-state index < -0.39 is 0 Å². The van der Waals surface area contributed by atoms with Gasteiger partial charge in [0.05, 0.1) is 16.8 Å². The molecule has 0 aliphatic heterocycles. The Kier molecular flexibility index (Phi) is 2.82. The smallest absolute Gasteiger partial charge is 0.268 e. The highest BCUT2D eigenvalue weighted by Gasteiger charge is 2.14. The van der Waals surface area contributed by atoms with E-state index >= 15 is 0 Å². The van der Waals surface area contributed by atoms with Gasteiger partial charge < -0.3 is 4.52 Å². The molecule has 1 aromatic carbocycles. The lowest BCUT2D eigenvalue weighted by Crippen LogP contribution is -1.93. The maximum absolute atomic E-state index is 5.25. The van der Waals surface area contributed by atoms with Crippen LogP contribution in [0.15, 0.2) is 58.6 Å². The third kappa shape index (κ3) is 2.23. The molecule has 102 valence electrons. The Morgan fingerprint density at radius 3 is 2.76 bits per heavy atom. The molecular weight excluding hydrogens is 286 g/mol. The van der Waals surface area contributed by atoms with Gasteiger partial charge in [0.1, 0.15) is 0 Å². The molecule has 4 aromatic rings. The first kappa shape index (κ1) is 12.0. The van der Waals surface area contributed by atoms with Crippen LogP contribution in [-0.4, -0.2) is 25.1 Å². The number of hydrogen-bond acceptors (Lipinski definition) is 6. The zero-order valence-corrected chi connectivity index (χ0v) is 11.6. The lowest BCUT2D eigenvalue weighted by Gasteiger charge is -1.96. The Labute approximate surface area is 123 Å². The molecule has 0 aliphatic rings. The van der Waals surface area contributed by atoms with Crippen LogP contribution in [0.3, 0.4) is 0 Å². The van der Waals surface area contributed by atoms with Crippen LogP contribution in [-0.2, 0) is 0 Å². The number of rotatable bonds is 3. The summed E-state index contributed by atoms with van der Waals surface area (Å²) >= 11 is 1.55. The van der Waals surface area contributed by atoms with Crippen LogP contribution in [0.4, 0.5) is 0 Å². The average molecular weight is 295 g/mol. The van der Waals surface area contributed by atoms with Crippen LogP contribution in [0.5, 0.6) is 0 Å². The van der Waals surface area contributed by atoms with Gasteiger partial charge in [0.25, 0.3) is 5.89 Å². The van der Waals surface area contributed by atoms with E-state index in [1.807, 2.05) is 47.8 Å². The van der Waals surface area contributed by atoms with Crippen molar-refractivity contribution in [2.24, 2.45) is 0 Å². The number of hydrogen-bond donors (Lipinski definition) is 0. The minimum absolute atomic E-state index is 0.431. The second-order valence-electron chi connectivity index (χ2n) is 4.28. The van der Waals surface area contributed by atoms with Crippen LogP contribution in [0, 0.1) is 0 Å². The van der Waals surface area contributed by atoms with Crippen molar-refractivity contribution in [1.82, 2.24) is 25.1 Å². The number of benzene rings is 1. The molecule has 6 nitrogen and oxygen atoms in total. The maximum Gasteiger partial charge on any atom is 0.268 e. The van der Waals surface area contributed by atoms with Crippen molar-refractivity contribution in [3.05, 3.63) is 54.0 Å². The highest BCUT2D eigenvalue weighted by Crippen LogP contribution is 2.25. The summed E-state index contributed by atoms with van der Waals surface area (Å²) in [6, 6.07) is 13.6. The predicted molar refractivity (Wildman–Crippen MR) is 78.0 cm³/mol. The van der Waals surface area contributed by atoms with Gasteiger partial charge in [0.15, 0.2) is 5.69 Å². The molecule has 4 rings (SSSR count). The first-order valence-electron chi connectivity index (χ1n) is 6.26. The van der Waals surface area contributed by atoms with Crippen molar-refractivity contribution in [3.63, 3.8) is 0 Å². The summed E-state index contributed by atoms with van der Waals surface area (Å²) < 4.78 is 6.93. The fraction of sp³-hybridized carbons (Fsp3) is 0. The van der Waals surface area contributed by atoms with Crippen molar-refractivity contribution in [2.45, 2.75) is 0 Å². The first-order chi connectivity index (χ1) is 10.4. The van der Waals surface area contributed by atoms with E-state index in [0.717, 1.165) is 10.6 Å². The van der Waals surface area contributed by atoms with Gasteiger partial charge in [-0.15, -0.1) is 16.4 Å². The van der Waals surface area contributed by atoms with E-state index in [4.69, 9.17) is 4.52 Å². The fourth-order valence-corrected chi connectivity index (χ4v) is 2.55. The van der Waals surface area contributed by atoms with Crippen LogP contribution < -0.4 is 0 Å². The molecule has 0 fully saturated rings. The van der Waals surface area contributed by atoms with Gasteiger partial charge in [-0.3, -0.25) is 0 Å². The lowest BCUT2D eigenvalue weighted by atomic mass is 10.3. The Hall–Kier alpha value is -2.80. The predicted octanol–water partition coefficient (Wildman–Crippen LogP) is 3.05. The molecule has 0 bridgehead atoms. The third-order valence-corrected chi connectivity index (χ3v) is 3.76. The van der Waals surface area contributed by atoms with E-state index in [2.05, 4.69) is 20.5 Å². The number of nitrogens with zero attached hydrogens (tertiary/aromatic N) is 5. The Morgan fingerprint density at radius 2 is 1.95 bits per heavy atom. The molecule has 0 radical (unpaired) electrons. The van der Waals surface area contributed by atoms with Gasteiger partial charge in [-0.05, 0) is 23.6 Å². The monoisotopic (exact) mass is 295 g/mol. The topological polar surface area (TPSA) is 69.6 Å². The second-order valence-corrected chi connectivity index (χ2v) is 5.23. The molecule has 0 aliphatic carbocycles. The largest absolute Gasteiger partial charge is 0.333 e. The summed E-state index contributed by atoms with van der Waals surface area (Å²) in [5.41, 5.74) is 1.50. The summed E-state index contributed by atoms with van der Waals surface area (Å²) in [5.74, 6) is 0.926. The van der Waals surface area contributed by atoms with Crippen molar-refractivity contribution < 1.29 is 4.52 Å². The number of thiophene rings is 1. The molecule has 0 unspecified atom stereocenters. The van der Waals surface area contributed by atoms with E-state index in [-0.39, 0.29) is 0 Å². The Balaban J connectivity index is 1.67. The second kappa shape index (κ2) is 4.95. The van der Waals surface area contributed by atoms with Crippen molar-refractivity contribution in [2.75, 3.05) is 0 Å². The summed E-state index contributed by atoms with van der Waals surface area (Å²) in [6.07, 6.45) is 1.78. The summed E-state index contributed by atoms with van der Waals surface area (Å²) in [5, 5.41) is 14.1. The molecule has 21 heavy (non-hydrogen) atoms. The summed E-state index contributed by atoms with van der Waals surface area (Å²) in [6.45, 7) is 0. The Morgan fingerprint density at radius 1 is 1.05 bits per heavy atom. The Bertz CT molecular complexity index is 851. The van der Waals surface area contributed by atoms with Crippen molar-refractivity contribution in [3.8, 4) is 28.0 Å². The standard InChI is InChI=1S/C14H9N5OS/c1-2-5-10(6-3-1)19-9-11(16-18-19)13-15-14(20-17-13)12-7-4-8-21-12/h1-9H. The van der Waals surface area contributed by atoms with Crippen molar-refractivity contribution >= 4 is 11.3 Å². The van der Waals surface area contributed by atoms with Gasteiger partial charge in [-0.25, -0.2) is 4.68 Å². The van der Waals surface area contributed by atoms with Crippen LogP contribution in [0.1, 0.15) is 0 Å². The minimum atomic E-state index is 0.431. The summed E-state index contributed by atoms with van der Waals surface area (Å²) in [7, 11) is 0. The molecule has 7 heteroatoms. The molecule has 3 heterocycles. The maximum atomic E-state index is 5.25. The van der Waals surface area contributed by atoms with Crippen LogP contribution in [0.25, 0.3) is 28.0 Å². The third-order valence-electron chi connectivity index (χ3n) is 2.90. The first-order valence-corrected chi connectivity index (χ1v) is 7.14. The van der Waals surface area contributed by atoms with Gasteiger partial charge in [0, 0.05) is 0 Å². The average Bonchev–Trinajstić information content (AvgIpc) is 3.27. The van der Waals surface area contributed by atoms with Gasteiger partial charge in [0.2, 0.25) is 5.82 Å². The lowest BCUT2D eigenvalue weighted by molar-refractivity contribution is 0.433. The highest BCUT2D eigenvalue weighted by molar-refractivity contribution is 7.13. The van der Waals surface area contributed by atoms with Gasteiger partial charge >= 0.3 is 0 Å². The molecule has 0 saturated heterocycles. The SMILES string of the molecule is c1ccc(-n2cc(-c3noc(-c4cccs4)n3)nn2)cc1. The summed E-state index contributed by atoms with van der Waals surface area (Å²) in [4.78, 5) is 5.28. The molecule has 0 amide bonds. The fourth-order valence-electron chi connectivity index (χ4n) is 1.90. The number of para-hydroxylation sites is 1. The van der Waals surface area contributed by atoms with Crippen LogP contribution in [0.2, 0.25) is 0 Å². The normalized spacial score (nSPS) is 10.9. The molecule has 0 atom stereocenters. The van der Waals surface area contributed by atoms with Crippen LogP contribution >= 0.6 is 11.3 Å². The van der Waals surface area contributed by atoms with E-state index in [9.17, 15) is 0 Å².